The maximum absolute atomic E-state index is 12.7. The number of rotatable bonds is 12. The van der Waals surface area contributed by atoms with Crippen LogP contribution in [0, 0.1) is 0 Å². The molecule has 1 aliphatic heterocycles. The van der Waals surface area contributed by atoms with Gasteiger partial charge in [-0.2, -0.15) is 5.10 Å². The van der Waals surface area contributed by atoms with Crippen LogP contribution in [0.25, 0.3) is 0 Å². The van der Waals surface area contributed by atoms with Crippen LogP contribution in [-0.2, 0) is 19.1 Å². The first kappa shape index (κ1) is 30.4. The average Bonchev–Trinajstić information content (AvgIpc) is 2.90. The summed E-state index contributed by atoms with van der Waals surface area (Å²) in [6, 6.07) is 9.49. The van der Waals surface area contributed by atoms with E-state index in [0.29, 0.717) is 37.7 Å². The normalized spacial score (nSPS) is 14.7. The number of hydrazone groups is 1. The van der Waals surface area contributed by atoms with Crippen LogP contribution in [0.5, 0.6) is 17.2 Å². The molecule has 3 rings (SSSR count). The van der Waals surface area contributed by atoms with Crippen LogP contribution in [0.4, 0.5) is 0 Å². The third kappa shape index (κ3) is 7.93. The van der Waals surface area contributed by atoms with Crippen LogP contribution in [0.2, 0.25) is 0 Å². The molecule has 0 unspecified atom stereocenters. The minimum Gasteiger partial charge on any atom is -0.493 e. The third-order valence-corrected chi connectivity index (χ3v) is 6.16. The highest BCUT2D eigenvalue weighted by atomic mass is 79.9. The second kappa shape index (κ2) is 14.3. The number of benzene rings is 2. The summed E-state index contributed by atoms with van der Waals surface area (Å²) in [5, 5.41) is 19.1. The third-order valence-electron chi connectivity index (χ3n) is 5.35. The molecule has 0 spiro atoms. The molecule has 1 heterocycles. The van der Waals surface area contributed by atoms with Crippen LogP contribution in [0.1, 0.15) is 31.0 Å². The van der Waals surface area contributed by atoms with Crippen molar-refractivity contribution in [2.45, 2.75) is 19.9 Å². The van der Waals surface area contributed by atoms with E-state index in [2.05, 4.69) is 37.1 Å². The lowest BCUT2D eigenvalue weighted by molar-refractivity contribution is -0.140. The highest BCUT2D eigenvalue weighted by Crippen LogP contribution is 2.36. The van der Waals surface area contributed by atoms with Gasteiger partial charge in [0.1, 0.15) is 5.75 Å². The zero-order valence-corrected chi connectivity index (χ0v) is 24.2. The monoisotopic (exact) mass is 634 g/mol. The van der Waals surface area contributed by atoms with Crippen molar-refractivity contribution in [1.29, 1.82) is 0 Å². The number of amides is 1. The molecule has 2 aromatic carbocycles. The molecule has 1 atom stereocenters. The standard InChI is InChI=1S/C26H27BrN4O8S/c1-4-37-25(35)22-14(2)29-26(40)30-23(22)16-7-5-6-8-18(16)38-12-20(32)31-28-11-15-9-17(27)24(19(10-15)36-3)39-13-21(33)34/h5-11,23H,4,12-13H2,1-3H3,(H,31,32)(H,33,34)(H2,29,30,40)/t23-/m0/s1. The van der Waals surface area contributed by atoms with Crippen molar-refractivity contribution in [2.75, 3.05) is 26.9 Å². The molecule has 0 aliphatic carbocycles. The molecule has 0 bridgehead atoms. The molecular formula is C26H27BrN4O8S. The number of carboxylic acids is 1. The number of methoxy groups -OCH3 is 1. The summed E-state index contributed by atoms with van der Waals surface area (Å²) in [6.45, 7) is 2.75. The number of ether oxygens (including phenoxy) is 4. The van der Waals surface area contributed by atoms with Gasteiger partial charge in [-0.25, -0.2) is 15.0 Å². The Morgan fingerprint density at radius 3 is 2.62 bits per heavy atom. The number of esters is 1. The van der Waals surface area contributed by atoms with Gasteiger partial charge in [0.25, 0.3) is 5.91 Å². The van der Waals surface area contributed by atoms with E-state index >= 15 is 0 Å². The van der Waals surface area contributed by atoms with Crippen molar-refractivity contribution in [3.8, 4) is 17.2 Å². The molecule has 1 amide bonds. The lowest BCUT2D eigenvalue weighted by Gasteiger charge is -2.30. The second-order valence-electron chi connectivity index (χ2n) is 8.13. The largest absolute Gasteiger partial charge is 0.493 e. The lowest BCUT2D eigenvalue weighted by atomic mass is 9.95. The Balaban J connectivity index is 1.69. The van der Waals surface area contributed by atoms with Gasteiger partial charge in [0.15, 0.2) is 29.8 Å². The SMILES string of the molecule is CCOC(=O)C1=C(C)NC(=S)N[C@H]1c1ccccc1OCC(=O)NN=Cc1cc(Br)c(OCC(=O)O)c(OC)c1. The van der Waals surface area contributed by atoms with Crippen LogP contribution < -0.4 is 30.3 Å². The minimum atomic E-state index is -1.13. The molecule has 4 N–H and O–H groups in total. The summed E-state index contributed by atoms with van der Waals surface area (Å²) < 4.78 is 21.9. The molecule has 12 nitrogen and oxygen atoms in total. The van der Waals surface area contributed by atoms with Gasteiger partial charge in [-0.1, -0.05) is 18.2 Å². The number of thiocarbonyl (C=S) groups is 1. The van der Waals surface area contributed by atoms with Gasteiger partial charge in [-0.3, -0.25) is 4.79 Å². The molecular weight excluding hydrogens is 608 g/mol. The first-order valence-corrected chi connectivity index (χ1v) is 13.1. The van der Waals surface area contributed by atoms with E-state index in [1.807, 2.05) is 0 Å². The van der Waals surface area contributed by atoms with Crippen LogP contribution in [-0.4, -0.2) is 61.2 Å². The van der Waals surface area contributed by atoms with E-state index in [1.54, 1.807) is 50.2 Å². The molecule has 2 aromatic rings. The van der Waals surface area contributed by atoms with Gasteiger partial charge in [0.05, 0.1) is 36.0 Å². The Bertz CT molecular complexity index is 1360. The number of allylic oxidation sites excluding steroid dienone is 1. The Hall–Kier alpha value is -4.17. The Kier molecular flexibility index (Phi) is 10.8. The van der Waals surface area contributed by atoms with Gasteiger partial charge in [-0.05, 0) is 65.8 Å². The van der Waals surface area contributed by atoms with Crippen molar-refractivity contribution in [3.63, 3.8) is 0 Å². The fraction of sp³-hybridized carbons (Fsp3) is 0.269. The first-order valence-electron chi connectivity index (χ1n) is 11.9. The minimum absolute atomic E-state index is 0.206. The highest BCUT2D eigenvalue weighted by molar-refractivity contribution is 9.10. The van der Waals surface area contributed by atoms with Crippen molar-refractivity contribution in [2.24, 2.45) is 5.10 Å². The second-order valence-corrected chi connectivity index (χ2v) is 9.39. The number of hydrogen-bond donors (Lipinski definition) is 4. The maximum Gasteiger partial charge on any atom is 0.341 e. The molecule has 1 aliphatic rings. The summed E-state index contributed by atoms with van der Waals surface area (Å²) in [7, 11) is 1.41. The molecule has 0 aromatic heterocycles. The average molecular weight is 635 g/mol. The number of nitrogens with zero attached hydrogens (tertiary/aromatic N) is 1. The summed E-state index contributed by atoms with van der Waals surface area (Å²) >= 11 is 8.60. The van der Waals surface area contributed by atoms with E-state index in [9.17, 15) is 14.4 Å². The Labute approximate surface area is 243 Å². The van der Waals surface area contributed by atoms with Crippen LogP contribution >= 0.6 is 28.1 Å². The van der Waals surface area contributed by atoms with Gasteiger partial charge in [0.2, 0.25) is 0 Å². The number of hydrogen-bond acceptors (Lipinski definition) is 9. The highest BCUT2D eigenvalue weighted by Gasteiger charge is 2.32. The predicted molar refractivity (Wildman–Crippen MR) is 152 cm³/mol. The quantitative estimate of drug-likeness (QED) is 0.118. The van der Waals surface area contributed by atoms with Crippen molar-refractivity contribution in [1.82, 2.24) is 16.1 Å². The summed E-state index contributed by atoms with van der Waals surface area (Å²) in [4.78, 5) is 36.0. The molecule has 212 valence electrons. The molecule has 40 heavy (non-hydrogen) atoms. The first-order chi connectivity index (χ1) is 19.1. The molecule has 0 radical (unpaired) electrons. The van der Waals surface area contributed by atoms with Crippen molar-refractivity contribution in [3.05, 3.63) is 63.3 Å². The van der Waals surface area contributed by atoms with E-state index in [4.69, 9.17) is 36.3 Å². The fourth-order valence-corrected chi connectivity index (χ4v) is 4.54. The van der Waals surface area contributed by atoms with Gasteiger partial charge in [-0.15, -0.1) is 0 Å². The number of halogens is 1. The molecule has 0 fully saturated rings. The van der Waals surface area contributed by atoms with E-state index in [-0.39, 0.29) is 24.7 Å². The fourth-order valence-electron chi connectivity index (χ4n) is 3.70. The summed E-state index contributed by atoms with van der Waals surface area (Å²) in [5.41, 5.74) is 4.41. The molecule has 0 saturated carbocycles. The Morgan fingerprint density at radius 1 is 1.18 bits per heavy atom. The van der Waals surface area contributed by atoms with Gasteiger partial charge >= 0.3 is 11.9 Å². The lowest BCUT2D eigenvalue weighted by Crippen LogP contribution is -2.45. The van der Waals surface area contributed by atoms with E-state index in [1.165, 1.54) is 13.3 Å². The zero-order valence-electron chi connectivity index (χ0n) is 21.8. The molecule has 0 saturated heterocycles. The summed E-state index contributed by atoms with van der Waals surface area (Å²) in [5.74, 6) is -1.31. The van der Waals surface area contributed by atoms with E-state index < -0.39 is 30.5 Å². The Morgan fingerprint density at radius 2 is 1.93 bits per heavy atom. The topological polar surface area (TPSA) is 157 Å². The maximum atomic E-state index is 12.7. The number of nitrogens with one attached hydrogen (secondary N) is 3. The van der Waals surface area contributed by atoms with Crippen LogP contribution in [0.15, 0.2) is 57.2 Å². The molecule has 14 heteroatoms. The van der Waals surface area contributed by atoms with Crippen molar-refractivity contribution >= 4 is 57.3 Å². The van der Waals surface area contributed by atoms with Crippen molar-refractivity contribution < 1.29 is 38.4 Å². The number of carbonyl (C=O) groups excluding carboxylic acids is 2. The van der Waals surface area contributed by atoms with Gasteiger partial charge in [0, 0.05) is 11.3 Å². The summed E-state index contributed by atoms with van der Waals surface area (Å²) in [6.07, 6.45) is 1.37. The number of carbonyl (C=O) groups is 3. The number of para-hydroxylation sites is 1. The number of aliphatic carboxylic acids is 1. The smallest absolute Gasteiger partial charge is 0.341 e. The zero-order chi connectivity index (χ0) is 29.2. The van der Waals surface area contributed by atoms with Crippen LogP contribution in [0.3, 0.4) is 0 Å². The predicted octanol–water partition coefficient (Wildman–Crippen LogP) is 2.81. The van der Waals surface area contributed by atoms with E-state index in [0.717, 1.165) is 0 Å². The number of carboxylic acid groups (broad SMARTS) is 1. The van der Waals surface area contributed by atoms with Gasteiger partial charge < -0.3 is 34.7 Å².